The predicted molar refractivity (Wildman–Crippen MR) is 62.0 cm³/mol. The molecule has 1 N–H and O–H groups in total. The van der Waals surface area contributed by atoms with Gasteiger partial charge in [0.1, 0.15) is 0 Å². The van der Waals surface area contributed by atoms with E-state index >= 15 is 0 Å². The van der Waals surface area contributed by atoms with Crippen LogP contribution in [0, 0.1) is 11.7 Å². The van der Waals surface area contributed by atoms with Crippen LogP contribution in [-0.4, -0.2) is 16.0 Å². The third kappa shape index (κ3) is 2.82. The predicted octanol–water partition coefficient (Wildman–Crippen LogP) is 3.26. The smallest absolute Gasteiger partial charge is 0.224 e. The number of hydrogen-bond acceptors (Lipinski definition) is 3. The third-order valence-corrected chi connectivity index (χ3v) is 3.25. The normalized spacial score (nSPS) is 25.4. The van der Waals surface area contributed by atoms with E-state index in [1.165, 1.54) is 12.8 Å². The van der Waals surface area contributed by atoms with Gasteiger partial charge in [-0.2, -0.15) is 4.98 Å². The molecule has 1 aromatic rings. The first kappa shape index (κ1) is 11.6. The van der Waals surface area contributed by atoms with Gasteiger partial charge in [-0.15, -0.1) is 0 Å². The van der Waals surface area contributed by atoms with Crippen LogP contribution in [0.5, 0.6) is 0 Å². The van der Waals surface area contributed by atoms with Crippen molar-refractivity contribution in [3.8, 4) is 0 Å². The summed E-state index contributed by atoms with van der Waals surface area (Å²) in [7, 11) is 0. The molecule has 0 saturated heterocycles. The van der Waals surface area contributed by atoms with E-state index in [1.54, 1.807) is 0 Å². The Morgan fingerprint density at radius 3 is 2.75 bits per heavy atom. The van der Waals surface area contributed by atoms with E-state index in [0.29, 0.717) is 6.04 Å². The zero-order chi connectivity index (χ0) is 11.5. The highest BCUT2D eigenvalue weighted by Crippen LogP contribution is 2.26. The molecule has 1 aliphatic rings. The van der Waals surface area contributed by atoms with Crippen molar-refractivity contribution in [2.24, 2.45) is 5.92 Å². The van der Waals surface area contributed by atoms with Gasteiger partial charge in [-0.05, 0) is 43.2 Å². The standard InChI is InChI=1S/C11H15ClFN3/c1-7-2-4-8(5-3-7)15-10-9(13)6-14-11(12)16-10/h6-8H,2-5H2,1H3,(H,14,15,16). The number of hydrogen-bond donors (Lipinski definition) is 1. The van der Waals surface area contributed by atoms with Gasteiger partial charge in [0.2, 0.25) is 5.28 Å². The average molecular weight is 244 g/mol. The summed E-state index contributed by atoms with van der Waals surface area (Å²) in [5.74, 6) is 0.555. The minimum Gasteiger partial charge on any atom is -0.365 e. The van der Waals surface area contributed by atoms with Crippen LogP contribution in [0.15, 0.2) is 6.20 Å². The Hall–Kier alpha value is -0.900. The van der Waals surface area contributed by atoms with Gasteiger partial charge >= 0.3 is 0 Å². The molecule has 1 aromatic heterocycles. The van der Waals surface area contributed by atoms with E-state index in [9.17, 15) is 4.39 Å². The molecule has 0 spiro atoms. The molecule has 0 amide bonds. The molecule has 0 bridgehead atoms. The second-order valence-corrected chi connectivity index (χ2v) is 4.77. The van der Waals surface area contributed by atoms with E-state index in [-0.39, 0.29) is 11.1 Å². The third-order valence-electron chi connectivity index (χ3n) is 3.07. The fourth-order valence-electron chi connectivity index (χ4n) is 2.04. The van der Waals surface area contributed by atoms with E-state index in [1.807, 2.05) is 0 Å². The molecule has 1 heterocycles. The topological polar surface area (TPSA) is 37.8 Å². The van der Waals surface area contributed by atoms with Crippen LogP contribution in [0.2, 0.25) is 5.28 Å². The zero-order valence-electron chi connectivity index (χ0n) is 9.21. The second kappa shape index (κ2) is 4.95. The summed E-state index contributed by atoms with van der Waals surface area (Å²) in [6.07, 6.45) is 5.57. The first-order valence-corrected chi connectivity index (χ1v) is 5.97. The van der Waals surface area contributed by atoms with Gasteiger partial charge in [0.25, 0.3) is 0 Å². The fourth-order valence-corrected chi connectivity index (χ4v) is 2.18. The van der Waals surface area contributed by atoms with Gasteiger partial charge in [0.05, 0.1) is 6.20 Å². The van der Waals surface area contributed by atoms with Crippen molar-refractivity contribution in [1.29, 1.82) is 0 Å². The lowest BCUT2D eigenvalue weighted by Crippen LogP contribution is -2.26. The largest absolute Gasteiger partial charge is 0.365 e. The van der Waals surface area contributed by atoms with Crippen LogP contribution in [0.1, 0.15) is 32.6 Å². The molecule has 0 radical (unpaired) electrons. The Morgan fingerprint density at radius 1 is 1.38 bits per heavy atom. The molecule has 5 heteroatoms. The van der Waals surface area contributed by atoms with Gasteiger partial charge in [-0.25, -0.2) is 9.37 Å². The lowest BCUT2D eigenvalue weighted by atomic mass is 9.87. The Balaban J connectivity index is 2.00. The summed E-state index contributed by atoms with van der Waals surface area (Å²) in [4.78, 5) is 7.44. The number of nitrogens with one attached hydrogen (secondary N) is 1. The molecular formula is C11H15ClFN3. The Kier molecular flexibility index (Phi) is 3.59. The first-order valence-electron chi connectivity index (χ1n) is 5.59. The van der Waals surface area contributed by atoms with Crippen molar-refractivity contribution in [2.45, 2.75) is 38.6 Å². The Bertz CT molecular complexity index is 364. The lowest BCUT2D eigenvalue weighted by molar-refractivity contribution is 0.360. The van der Waals surface area contributed by atoms with Crippen LogP contribution in [0.4, 0.5) is 10.2 Å². The summed E-state index contributed by atoms with van der Waals surface area (Å²) in [5.41, 5.74) is 0. The molecular weight excluding hydrogens is 229 g/mol. The molecule has 0 aliphatic heterocycles. The Labute approximate surface area is 99.4 Å². The monoisotopic (exact) mass is 243 g/mol. The quantitative estimate of drug-likeness (QED) is 0.811. The van der Waals surface area contributed by atoms with Gasteiger partial charge in [-0.1, -0.05) is 6.92 Å². The summed E-state index contributed by atoms with van der Waals surface area (Å²) in [6.45, 7) is 2.25. The first-order chi connectivity index (χ1) is 7.65. The fraction of sp³-hybridized carbons (Fsp3) is 0.636. The lowest BCUT2D eigenvalue weighted by Gasteiger charge is -2.27. The maximum Gasteiger partial charge on any atom is 0.224 e. The minimum atomic E-state index is -0.442. The van der Waals surface area contributed by atoms with Crippen molar-refractivity contribution >= 4 is 17.4 Å². The molecule has 1 saturated carbocycles. The average Bonchev–Trinajstić information content (AvgIpc) is 2.27. The van der Waals surface area contributed by atoms with E-state index in [4.69, 9.17) is 11.6 Å². The summed E-state index contributed by atoms with van der Waals surface area (Å²) < 4.78 is 13.4. The molecule has 88 valence electrons. The highest BCUT2D eigenvalue weighted by Gasteiger charge is 2.19. The highest BCUT2D eigenvalue weighted by atomic mass is 35.5. The number of aromatic nitrogens is 2. The van der Waals surface area contributed by atoms with Crippen molar-refractivity contribution in [3.05, 3.63) is 17.3 Å². The highest BCUT2D eigenvalue weighted by molar-refractivity contribution is 6.28. The Morgan fingerprint density at radius 2 is 2.06 bits per heavy atom. The number of nitrogens with zero attached hydrogens (tertiary/aromatic N) is 2. The second-order valence-electron chi connectivity index (χ2n) is 4.44. The number of halogens is 2. The summed E-state index contributed by atoms with van der Waals surface area (Å²) in [5, 5.41) is 3.18. The van der Waals surface area contributed by atoms with Crippen molar-refractivity contribution in [3.63, 3.8) is 0 Å². The van der Waals surface area contributed by atoms with Crippen LogP contribution in [0.25, 0.3) is 0 Å². The van der Waals surface area contributed by atoms with Gasteiger partial charge in [0, 0.05) is 6.04 Å². The van der Waals surface area contributed by atoms with Crippen molar-refractivity contribution in [2.75, 3.05) is 5.32 Å². The molecule has 16 heavy (non-hydrogen) atoms. The van der Waals surface area contributed by atoms with E-state index in [2.05, 4.69) is 22.2 Å². The van der Waals surface area contributed by atoms with Crippen LogP contribution >= 0.6 is 11.6 Å². The zero-order valence-corrected chi connectivity index (χ0v) is 9.97. The minimum absolute atomic E-state index is 0.0769. The van der Waals surface area contributed by atoms with Crippen LogP contribution in [0.3, 0.4) is 0 Å². The summed E-state index contributed by atoms with van der Waals surface area (Å²) in [6, 6.07) is 0.302. The molecule has 3 nitrogen and oxygen atoms in total. The van der Waals surface area contributed by atoms with Gasteiger partial charge in [-0.3, -0.25) is 0 Å². The molecule has 0 atom stereocenters. The summed E-state index contributed by atoms with van der Waals surface area (Å²) >= 11 is 5.63. The SMILES string of the molecule is CC1CCC(Nc2nc(Cl)ncc2F)CC1. The molecule has 1 aliphatic carbocycles. The maximum absolute atomic E-state index is 13.4. The maximum atomic E-state index is 13.4. The molecule has 2 rings (SSSR count). The van der Waals surface area contributed by atoms with Gasteiger partial charge in [0.15, 0.2) is 11.6 Å². The van der Waals surface area contributed by atoms with Crippen molar-refractivity contribution < 1.29 is 4.39 Å². The number of anilines is 1. The molecule has 0 aromatic carbocycles. The van der Waals surface area contributed by atoms with Crippen molar-refractivity contribution in [1.82, 2.24) is 9.97 Å². The molecule has 1 fully saturated rings. The van der Waals surface area contributed by atoms with E-state index < -0.39 is 5.82 Å². The number of rotatable bonds is 2. The van der Waals surface area contributed by atoms with E-state index in [0.717, 1.165) is 25.0 Å². The molecule has 0 unspecified atom stereocenters. The van der Waals surface area contributed by atoms with Gasteiger partial charge < -0.3 is 5.32 Å². The van der Waals surface area contributed by atoms with Crippen LogP contribution in [-0.2, 0) is 0 Å². The van der Waals surface area contributed by atoms with Crippen LogP contribution < -0.4 is 5.32 Å².